The van der Waals surface area contributed by atoms with Gasteiger partial charge in [0.25, 0.3) is 0 Å². The average molecular weight is 188 g/mol. The van der Waals surface area contributed by atoms with Crippen LogP contribution in [0.2, 0.25) is 0 Å². The maximum Gasteiger partial charge on any atom is 0.150 e. The first-order valence-corrected chi connectivity index (χ1v) is 3.19. The molecule has 0 aliphatic heterocycles. The summed E-state index contributed by atoms with van der Waals surface area (Å²) >= 11 is 3.20. The Kier molecular flexibility index (Phi) is 1.66. The quantitative estimate of drug-likeness (QED) is 0.614. The fraction of sp³-hybridized carbons (Fsp3) is 0.200. The van der Waals surface area contributed by atoms with Crippen LogP contribution in [-0.2, 0) is 7.05 Å². The predicted octanol–water partition coefficient (Wildman–Crippen LogP) is 1.51. The van der Waals surface area contributed by atoms with Crippen LogP contribution in [-0.4, -0.2) is 16.5 Å². The van der Waals surface area contributed by atoms with E-state index >= 15 is 0 Å². The lowest BCUT2D eigenvalue weighted by molar-refractivity contribution is 0.764. The van der Waals surface area contributed by atoms with Gasteiger partial charge in [0, 0.05) is 13.1 Å². The first-order chi connectivity index (χ1) is 4.24. The highest BCUT2D eigenvalue weighted by molar-refractivity contribution is 9.10. The molecule has 1 aromatic heterocycles. The van der Waals surface area contributed by atoms with Crippen LogP contribution in [0.25, 0.3) is 0 Å². The number of aliphatic imine (C=N–C) groups is 1. The summed E-state index contributed by atoms with van der Waals surface area (Å²) in [6.45, 7) is 3.37. The maximum atomic E-state index is 3.98. The fourth-order valence-electron chi connectivity index (χ4n) is 0.571. The van der Waals surface area contributed by atoms with Gasteiger partial charge in [-0.1, -0.05) is 0 Å². The third-order valence-corrected chi connectivity index (χ3v) is 1.37. The minimum absolute atomic E-state index is 0.766. The molecule has 1 rings (SSSR count). The molecule has 1 aromatic rings. The van der Waals surface area contributed by atoms with Crippen molar-refractivity contribution in [1.82, 2.24) is 9.78 Å². The van der Waals surface area contributed by atoms with Crippen LogP contribution in [0.1, 0.15) is 0 Å². The molecule has 1 heterocycles. The standard InChI is InChI=1S/C5H6BrN3/c1-7-5-3-4(6)8-9(5)2/h3H,1H2,2H3. The Bertz CT molecular complexity index is 228. The van der Waals surface area contributed by atoms with Gasteiger partial charge < -0.3 is 0 Å². The van der Waals surface area contributed by atoms with Crippen LogP contribution < -0.4 is 0 Å². The number of aromatic nitrogens is 2. The van der Waals surface area contributed by atoms with Gasteiger partial charge >= 0.3 is 0 Å². The first-order valence-electron chi connectivity index (χ1n) is 2.40. The number of aryl methyl sites for hydroxylation is 1. The summed E-state index contributed by atoms with van der Waals surface area (Å²) in [4.78, 5) is 3.71. The van der Waals surface area contributed by atoms with Crippen LogP contribution in [0, 0.1) is 0 Å². The molecular weight excluding hydrogens is 182 g/mol. The summed E-state index contributed by atoms with van der Waals surface area (Å²) in [5, 5.41) is 3.98. The van der Waals surface area contributed by atoms with Crippen LogP contribution in [0.4, 0.5) is 5.82 Å². The molecule has 0 radical (unpaired) electrons. The van der Waals surface area contributed by atoms with E-state index in [1.165, 1.54) is 0 Å². The van der Waals surface area contributed by atoms with Gasteiger partial charge in [0.15, 0.2) is 5.82 Å². The number of nitrogens with zero attached hydrogens (tertiary/aromatic N) is 3. The van der Waals surface area contributed by atoms with Gasteiger partial charge in [-0.15, -0.1) is 0 Å². The van der Waals surface area contributed by atoms with Crippen molar-refractivity contribution in [2.75, 3.05) is 0 Å². The van der Waals surface area contributed by atoms with Crippen molar-refractivity contribution in [2.24, 2.45) is 12.0 Å². The Balaban J connectivity index is 3.15. The van der Waals surface area contributed by atoms with E-state index in [1.807, 2.05) is 7.05 Å². The van der Waals surface area contributed by atoms with Crippen LogP contribution >= 0.6 is 15.9 Å². The molecule has 3 nitrogen and oxygen atoms in total. The zero-order chi connectivity index (χ0) is 6.85. The molecule has 0 aromatic carbocycles. The minimum atomic E-state index is 0.766. The Morgan fingerprint density at radius 2 is 2.56 bits per heavy atom. The van der Waals surface area contributed by atoms with Gasteiger partial charge in [0.1, 0.15) is 4.60 Å². The lowest BCUT2D eigenvalue weighted by Crippen LogP contribution is -1.87. The molecule has 0 aliphatic carbocycles. The largest absolute Gasteiger partial charge is 0.250 e. The summed E-state index contributed by atoms with van der Waals surface area (Å²) in [5.41, 5.74) is 0. The van der Waals surface area contributed by atoms with Crippen molar-refractivity contribution >= 4 is 28.5 Å². The second-order valence-electron chi connectivity index (χ2n) is 1.61. The summed E-state index contributed by atoms with van der Waals surface area (Å²) in [6.07, 6.45) is 0. The van der Waals surface area contributed by atoms with Gasteiger partial charge in [0.05, 0.1) is 0 Å². The molecule has 0 unspecified atom stereocenters. The van der Waals surface area contributed by atoms with E-state index in [0.717, 1.165) is 10.4 Å². The van der Waals surface area contributed by atoms with E-state index in [4.69, 9.17) is 0 Å². The van der Waals surface area contributed by atoms with Gasteiger partial charge in [-0.2, -0.15) is 5.10 Å². The zero-order valence-corrected chi connectivity index (χ0v) is 6.59. The van der Waals surface area contributed by atoms with Crippen LogP contribution in [0.5, 0.6) is 0 Å². The monoisotopic (exact) mass is 187 g/mol. The molecule has 0 bridgehead atoms. The van der Waals surface area contributed by atoms with Crippen molar-refractivity contribution in [1.29, 1.82) is 0 Å². The van der Waals surface area contributed by atoms with Gasteiger partial charge in [0.2, 0.25) is 0 Å². The molecule has 0 saturated heterocycles. The molecule has 0 saturated carbocycles. The SMILES string of the molecule is C=Nc1cc(Br)nn1C. The van der Waals surface area contributed by atoms with Crippen LogP contribution in [0.3, 0.4) is 0 Å². The van der Waals surface area contributed by atoms with Crippen molar-refractivity contribution in [3.8, 4) is 0 Å². The zero-order valence-electron chi connectivity index (χ0n) is 5.00. The molecule has 0 atom stereocenters. The van der Waals surface area contributed by atoms with Crippen molar-refractivity contribution in [2.45, 2.75) is 0 Å². The van der Waals surface area contributed by atoms with E-state index < -0.39 is 0 Å². The van der Waals surface area contributed by atoms with Gasteiger partial charge in [-0.3, -0.25) is 0 Å². The highest BCUT2D eigenvalue weighted by atomic mass is 79.9. The molecule has 0 N–H and O–H groups in total. The third-order valence-electron chi connectivity index (χ3n) is 0.987. The average Bonchev–Trinajstić information content (AvgIpc) is 2.10. The van der Waals surface area contributed by atoms with Crippen LogP contribution in [0.15, 0.2) is 15.7 Å². The molecule has 0 fully saturated rings. The lowest BCUT2D eigenvalue weighted by atomic mass is 10.6. The Morgan fingerprint density at radius 3 is 2.78 bits per heavy atom. The van der Waals surface area contributed by atoms with E-state index in [0.29, 0.717) is 0 Å². The van der Waals surface area contributed by atoms with Crippen molar-refractivity contribution < 1.29 is 0 Å². The number of hydrogen-bond acceptors (Lipinski definition) is 2. The smallest absolute Gasteiger partial charge is 0.150 e. The minimum Gasteiger partial charge on any atom is -0.250 e. The summed E-state index contributed by atoms with van der Waals surface area (Å²) in [5.74, 6) is 0.766. The highest BCUT2D eigenvalue weighted by Crippen LogP contribution is 2.15. The molecule has 0 spiro atoms. The van der Waals surface area contributed by atoms with E-state index in [9.17, 15) is 0 Å². The van der Waals surface area contributed by atoms with Crippen molar-refractivity contribution in [3.05, 3.63) is 10.7 Å². The third kappa shape index (κ3) is 1.18. The summed E-state index contributed by atoms with van der Waals surface area (Å²) < 4.78 is 2.43. The van der Waals surface area contributed by atoms with E-state index in [2.05, 4.69) is 32.7 Å². The summed E-state index contributed by atoms with van der Waals surface area (Å²) in [6, 6.07) is 1.80. The van der Waals surface area contributed by atoms with E-state index in [1.54, 1.807) is 10.7 Å². The number of hydrogen-bond donors (Lipinski definition) is 0. The Labute approximate surface area is 61.5 Å². The lowest BCUT2D eigenvalue weighted by Gasteiger charge is -1.88. The molecule has 4 heteroatoms. The van der Waals surface area contributed by atoms with E-state index in [-0.39, 0.29) is 0 Å². The predicted molar refractivity (Wildman–Crippen MR) is 40.1 cm³/mol. The first kappa shape index (κ1) is 6.48. The molecular formula is C5H6BrN3. The normalized spacial score (nSPS) is 9.56. The number of halogens is 1. The summed E-state index contributed by atoms with van der Waals surface area (Å²) in [7, 11) is 1.81. The fourth-order valence-corrected chi connectivity index (χ4v) is 1.01. The Hall–Kier alpha value is -0.640. The van der Waals surface area contributed by atoms with Gasteiger partial charge in [-0.25, -0.2) is 9.67 Å². The van der Waals surface area contributed by atoms with Crippen molar-refractivity contribution in [3.63, 3.8) is 0 Å². The van der Waals surface area contributed by atoms with Gasteiger partial charge in [-0.05, 0) is 22.6 Å². The second-order valence-corrected chi connectivity index (χ2v) is 2.42. The highest BCUT2D eigenvalue weighted by Gasteiger charge is 1.96. The second kappa shape index (κ2) is 2.31. The Morgan fingerprint density at radius 1 is 1.89 bits per heavy atom. The number of rotatable bonds is 1. The molecule has 48 valence electrons. The molecule has 9 heavy (non-hydrogen) atoms. The maximum absolute atomic E-state index is 3.98. The molecule has 0 amide bonds. The molecule has 0 aliphatic rings. The topological polar surface area (TPSA) is 30.2 Å².